The van der Waals surface area contributed by atoms with Crippen molar-refractivity contribution >= 4 is 31.9 Å². The number of aliphatic hydroxyl groups excluding tert-OH is 1. The van der Waals surface area contributed by atoms with Crippen LogP contribution in [0, 0.1) is 5.82 Å². The Balaban J connectivity index is 2.46. The predicted molar refractivity (Wildman–Crippen MR) is 85.5 cm³/mol. The van der Waals surface area contributed by atoms with E-state index in [-0.39, 0.29) is 5.75 Å². The van der Waals surface area contributed by atoms with Gasteiger partial charge in [-0.2, -0.15) is 0 Å². The molecule has 0 saturated carbocycles. The molecule has 0 spiro atoms. The number of hydrogen-bond acceptors (Lipinski definition) is 3. The second-order valence-corrected chi connectivity index (χ2v) is 6.06. The molecule has 0 aromatic heterocycles. The number of rotatable bonds is 4. The smallest absolute Gasteiger partial charge is 0.168 e. The average Bonchev–Trinajstić information content (AvgIpc) is 2.44. The summed E-state index contributed by atoms with van der Waals surface area (Å²) in [6.45, 7) is 1.56. The van der Waals surface area contributed by atoms with Gasteiger partial charge in [-0.15, -0.1) is 0 Å². The van der Waals surface area contributed by atoms with E-state index in [1.807, 2.05) is 0 Å². The minimum absolute atomic E-state index is 0.00488. The van der Waals surface area contributed by atoms with E-state index in [2.05, 4.69) is 31.9 Å². The summed E-state index contributed by atoms with van der Waals surface area (Å²) in [5.74, 6) is 0.505. The minimum atomic E-state index is -0.837. The highest BCUT2D eigenvalue weighted by atomic mass is 79.9. The molecule has 6 heteroatoms. The van der Waals surface area contributed by atoms with Crippen LogP contribution in [0.1, 0.15) is 18.6 Å². The first-order valence-electron chi connectivity index (χ1n) is 6.11. The summed E-state index contributed by atoms with van der Waals surface area (Å²) in [5, 5.41) is 9.73. The molecular formula is C15H13Br2FO3. The molecule has 0 fully saturated rings. The zero-order chi connectivity index (χ0) is 15.6. The molecular weight excluding hydrogens is 407 g/mol. The van der Waals surface area contributed by atoms with Gasteiger partial charge in [0.05, 0.1) is 22.2 Å². The van der Waals surface area contributed by atoms with Crippen molar-refractivity contribution in [1.29, 1.82) is 0 Å². The van der Waals surface area contributed by atoms with Gasteiger partial charge in [-0.3, -0.25) is 0 Å². The SMILES string of the molecule is COc1cc(Br)c(Oc2c(F)cccc2[C@@H](C)O)cc1Br. The molecule has 2 rings (SSSR count). The van der Waals surface area contributed by atoms with E-state index in [0.29, 0.717) is 26.0 Å². The number of halogens is 3. The Hall–Kier alpha value is -1.11. The molecule has 0 unspecified atom stereocenters. The molecule has 0 saturated heterocycles. The number of ether oxygens (including phenoxy) is 2. The number of aliphatic hydroxyl groups is 1. The predicted octanol–water partition coefficient (Wildman–Crippen LogP) is 5.20. The normalized spacial score (nSPS) is 12.1. The van der Waals surface area contributed by atoms with Crippen molar-refractivity contribution < 1.29 is 19.0 Å². The van der Waals surface area contributed by atoms with Crippen LogP contribution in [0.25, 0.3) is 0 Å². The molecule has 0 aliphatic carbocycles. The minimum Gasteiger partial charge on any atom is -0.496 e. The lowest BCUT2D eigenvalue weighted by atomic mass is 10.1. The quantitative estimate of drug-likeness (QED) is 0.739. The third-order valence-corrected chi connectivity index (χ3v) is 4.11. The van der Waals surface area contributed by atoms with Crippen molar-refractivity contribution in [3.05, 3.63) is 50.7 Å². The van der Waals surface area contributed by atoms with Crippen LogP contribution in [0.4, 0.5) is 4.39 Å². The third-order valence-electron chi connectivity index (χ3n) is 2.87. The van der Waals surface area contributed by atoms with Gasteiger partial charge in [-0.25, -0.2) is 4.39 Å². The summed E-state index contributed by atoms with van der Waals surface area (Å²) in [6.07, 6.45) is -0.837. The van der Waals surface area contributed by atoms with Gasteiger partial charge in [0.1, 0.15) is 11.5 Å². The molecule has 0 radical (unpaired) electrons. The van der Waals surface area contributed by atoms with Crippen LogP contribution < -0.4 is 9.47 Å². The summed E-state index contributed by atoms with van der Waals surface area (Å²) in [5.41, 5.74) is 0.383. The Kier molecular flexibility index (Phi) is 5.24. The van der Waals surface area contributed by atoms with Crippen molar-refractivity contribution in [3.8, 4) is 17.2 Å². The molecule has 0 amide bonds. The lowest BCUT2D eigenvalue weighted by molar-refractivity contribution is 0.194. The van der Waals surface area contributed by atoms with Crippen LogP contribution in [0.2, 0.25) is 0 Å². The Morgan fingerprint density at radius 1 is 1.14 bits per heavy atom. The zero-order valence-electron chi connectivity index (χ0n) is 11.4. The molecule has 2 aromatic carbocycles. The van der Waals surface area contributed by atoms with Gasteiger partial charge in [0.25, 0.3) is 0 Å². The van der Waals surface area contributed by atoms with E-state index in [9.17, 15) is 9.50 Å². The molecule has 0 bridgehead atoms. The second-order valence-electron chi connectivity index (χ2n) is 4.35. The van der Waals surface area contributed by atoms with Crippen molar-refractivity contribution in [2.45, 2.75) is 13.0 Å². The maximum absolute atomic E-state index is 14.0. The number of para-hydroxylation sites is 1. The topological polar surface area (TPSA) is 38.7 Å². The average molecular weight is 420 g/mol. The van der Waals surface area contributed by atoms with Gasteiger partial charge in [0.2, 0.25) is 0 Å². The first-order valence-corrected chi connectivity index (χ1v) is 7.70. The van der Waals surface area contributed by atoms with Crippen molar-refractivity contribution in [2.75, 3.05) is 7.11 Å². The summed E-state index contributed by atoms with van der Waals surface area (Å²) in [4.78, 5) is 0. The van der Waals surface area contributed by atoms with Gasteiger partial charge >= 0.3 is 0 Å². The number of methoxy groups -OCH3 is 1. The Morgan fingerprint density at radius 2 is 1.76 bits per heavy atom. The monoisotopic (exact) mass is 418 g/mol. The highest BCUT2D eigenvalue weighted by molar-refractivity contribution is 9.11. The van der Waals surface area contributed by atoms with Crippen LogP contribution in [0.5, 0.6) is 17.2 Å². The Bertz CT molecular complexity index is 660. The third kappa shape index (κ3) is 3.56. The molecule has 0 aliphatic heterocycles. The fourth-order valence-corrected chi connectivity index (χ4v) is 2.70. The highest BCUT2D eigenvalue weighted by Gasteiger charge is 2.17. The number of benzene rings is 2. The molecule has 2 aromatic rings. The van der Waals surface area contributed by atoms with E-state index in [1.165, 1.54) is 12.1 Å². The fourth-order valence-electron chi connectivity index (χ4n) is 1.82. The van der Waals surface area contributed by atoms with Crippen LogP contribution in [-0.4, -0.2) is 12.2 Å². The van der Waals surface area contributed by atoms with Gasteiger partial charge in [-0.1, -0.05) is 12.1 Å². The van der Waals surface area contributed by atoms with E-state index in [1.54, 1.807) is 32.2 Å². The van der Waals surface area contributed by atoms with E-state index in [0.717, 1.165) is 0 Å². The molecule has 1 N–H and O–H groups in total. The maximum atomic E-state index is 14.0. The summed E-state index contributed by atoms with van der Waals surface area (Å²) >= 11 is 6.71. The Morgan fingerprint density at radius 3 is 2.38 bits per heavy atom. The Labute approximate surface area is 139 Å². The van der Waals surface area contributed by atoms with Crippen molar-refractivity contribution in [1.82, 2.24) is 0 Å². The second kappa shape index (κ2) is 6.77. The summed E-state index contributed by atoms with van der Waals surface area (Å²) < 4.78 is 26.1. The zero-order valence-corrected chi connectivity index (χ0v) is 14.5. The molecule has 0 heterocycles. The molecule has 21 heavy (non-hydrogen) atoms. The van der Waals surface area contributed by atoms with E-state index >= 15 is 0 Å². The fraction of sp³-hybridized carbons (Fsp3) is 0.200. The summed E-state index contributed by atoms with van der Waals surface area (Å²) in [7, 11) is 1.55. The maximum Gasteiger partial charge on any atom is 0.168 e. The first-order chi connectivity index (χ1) is 9.93. The van der Waals surface area contributed by atoms with Gasteiger partial charge in [0, 0.05) is 5.56 Å². The first kappa shape index (κ1) is 16.3. The lowest BCUT2D eigenvalue weighted by Crippen LogP contribution is -1.99. The standard InChI is InChI=1S/C15H13Br2FO3/c1-8(19)9-4-3-5-12(18)15(9)21-14-7-10(16)13(20-2)6-11(14)17/h3-8,19H,1-2H3/t8-/m1/s1. The van der Waals surface area contributed by atoms with E-state index in [4.69, 9.17) is 9.47 Å². The number of hydrogen-bond donors (Lipinski definition) is 1. The molecule has 3 nitrogen and oxygen atoms in total. The molecule has 1 atom stereocenters. The van der Waals surface area contributed by atoms with Crippen molar-refractivity contribution in [2.24, 2.45) is 0 Å². The summed E-state index contributed by atoms with van der Waals surface area (Å²) in [6, 6.07) is 7.82. The molecule has 0 aliphatic rings. The van der Waals surface area contributed by atoms with Gasteiger partial charge < -0.3 is 14.6 Å². The van der Waals surface area contributed by atoms with Crippen LogP contribution in [-0.2, 0) is 0 Å². The van der Waals surface area contributed by atoms with Gasteiger partial charge in [-0.05, 0) is 57.0 Å². The van der Waals surface area contributed by atoms with Crippen molar-refractivity contribution in [3.63, 3.8) is 0 Å². The van der Waals surface area contributed by atoms with E-state index < -0.39 is 11.9 Å². The highest BCUT2D eigenvalue weighted by Crippen LogP contribution is 2.40. The van der Waals surface area contributed by atoms with Gasteiger partial charge in [0.15, 0.2) is 11.6 Å². The lowest BCUT2D eigenvalue weighted by Gasteiger charge is -2.15. The van der Waals surface area contributed by atoms with Crippen LogP contribution >= 0.6 is 31.9 Å². The molecule has 112 valence electrons. The van der Waals surface area contributed by atoms with Crippen LogP contribution in [0.3, 0.4) is 0 Å². The van der Waals surface area contributed by atoms with Crippen LogP contribution in [0.15, 0.2) is 39.3 Å². The largest absolute Gasteiger partial charge is 0.496 e.